The average molecular weight is 438 g/mol. The van der Waals surface area contributed by atoms with Crippen molar-refractivity contribution in [1.29, 1.82) is 5.26 Å². The van der Waals surface area contributed by atoms with Gasteiger partial charge in [0.25, 0.3) is 0 Å². The number of fused-ring (bicyclic) bond motifs is 5. The van der Waals surface area contributed by atoms with Crippen molar-refractivity contribution >= 4 is 5.78 Å². The maximum absolute atomic E-state index is 13.7. The van der Waals surface area contributed by atoms with E-state index in [-0.39, 0.29) is 17.4 Å². The zero-order valence-corrected chi connectivity index (χ0v) is 20.2. The Morgan fingerprint density at radius 1 is 1.12 bits per heavy atom. The third-order valence-electron chi connectivity index (χ3n) is 10.8. The van der Waals surface area contributed by atoms with Crippen molar-refractivity contribution in [3.63, 3.8) is 0 Å². The van der Waals surface area contributed by atoms with Crippen LogP contribution in [-0.4, -0.2) is 26.3 Å². The molecule has 5 nitrogen and oxygen atoms in total. The van der Waals surface area contributed by atoms with Crippen LogP contribution < -0.4 is 0 Å². The topological polar surface area (TPSA) is 78.9 Å². The van der Waals surface area contributed by atoms with Crippen LogP contribution in [0.1, 0.15) is 97.1 Å². The van der Waals surface area contributed by atoms with Gasteiger partial charge in [-0.05, 0) is 106 Å². The second kappa shape index (κ2) is 7.42. The molecule has 0 aromatic carbocycles. The van der Waals surface area contributed by atoms with Gasteiger partial charge in [0.15, 0.2) is 5.78 Å². The van der Waals surface area contributed by atoms with E-state index in [2.05, 4.69) is 25.0 Å². The van der Waals surface area contributed by atoms with Crippen molar-refractivity contribution in [1.82, 2.24) is 9.78 Å². The molecule has 5 rings (SSSR count). The Hall–Kier alpha value is -1.67. The molecule has 1 aromatic heterocycles. The minimum absolute atomic E-state index is 0.0844. The summed E-state index contributed by atoms with van der Waals surface area (Å²) in [4.78, 5) is 13.7. The lowest BCUT2D eigenvalue weighted by atomic mass is 9.44. The van der Waals surface area contributed by atoms with Crippen LogP contribution in [0.4, 0.5) is 0 Å². The number of carbonyl (C=O) groups excluding carboxylic acids is 1. The van der Waals surface area contributed by atoms with Crippen LogP contribution in [0, 0.1) is 51.8 Å². The summed E-state index contributed by atoms with van der Waals surface area (Å²) < 4.78 is 1.68. The molecule has 2 unspecified atom stereocenters. The van der Waals surface area contributed by atoms with E-state index in [1.165, 1.54) is 25.7 Å². The molecule has 174 valence electrons. The molecule has 4 aliphatic rings. The van der Waals surface area contributed by atoms with E-state index in [4.69, 9.17) is 5.26 Å². The Morgan fingerprint density at radius 3 is 2.59 bits per heavy atom. The van der Waals surface area contributed by atoms with Gasteiger partial charge < -0.3 is 5.11 Å². The van der Waals surface area contributed by atoms with Crippen LogP contribution in [0.15, 0.2) is 12.4 Å². The molecule has 0 aliphatic heterocycles. The number of nitrogens with zero attached hydrogens (tertiary/aromatic N) is 3. The van der Waals surface area contributed by atoms with Crippen molar-refractivity contribution < 1.29 is 9.90 Å². The van der Waals surface area contributed by atoms with Crippen LogP contribution in [0.2, 0.25) is 0 Å². The lowest BCUT2D eigenvalue weighted by Gasteiger charge is -2.61. The first kappa shape index (κ1) is 22.1. The molecular weight excluding hydrogens is 398 g/mol. The largest absolute Gasteiger partial charge is 0.390 e. The summed E-state index contributed by atoms with van der Waals surface area (Å²) >= 11 is 0. The molecule has 0 saturated heterocycles. The van der Waals surface area contributed by atoms with Crippen molar-refractivity contribution in [3.05, 3.63) is 18.0 Å². The maximum atomic E-state index is 13.7. The van der Waals surface area contributed by atoms with E-state index < -0.39 is 5.60 Å². The van der Waals surface area contributed by atoms with Gasteiger partial charge in [0.05, 0.1) is 17.4 Å². The molecule has 4 aliphatic carbocycles. The van der Waals surface area contributed by atoms with Gasteiger partial charge in [0.2, 0.25) is 0 Å². The lowest BCUT2D eigenvalue weighted by molar-refractivity contribution is -0.151. The molecule has 9 atom stereocenters. The normalized spacial score (nSPS) is 46.4. The summed E-state index contributed by atoms with van der Waals surface area (Å²) in [6.45, 7) is 8.90. The number of aliphatic hydroxyl groups is 1. The van der Waals surface area contributed by atoms with Gasteiger partial charge in [-0.2, -0.15) is 10.4 Å². The van der Waals surface area contributed by atoms with Crippen LogP contribution >= 0.6 is 0 Å². The summed E-state index contributed by atoms with van der Waals surface area (Å²) in [6.07, 6.45) is 13.3. The highest BCUT2D eigenvalue weighted by atomic mass is 16.3. The van der Waals surface area contributed by atoms with Gasteiger partial charge >= 0.3 is 0 Å². The lowest BCUT2D eigenvalue weighted by Crippen LogP contribution is -2.55. The Balaban J connectivity index is 1.36. The second-order valence-electron chi connectivity index (χ2n) is 12.4. The highest BCUT2D eigenvalue weighted by Gasteiger charge is 2.62. The Labute approximate surface area is 192 Å². The van der Waals surface area contributed by atoms with Gasteiger partial charge in [0, 0.05) is 12.1 Å². The van der Waals surface area contributed by atoms with Gasteiger partial charge in [-0.1, -0.05) is 13.8 Å². The fraction of sp³-hybridized carbons (Fsp3) is 0.815. The number of hydrogen-bond donors (Lipinski definition) is 1. The average Bonchev–Trinajstić information content (AvgIpc) is 3.37. The molecule has 4 fully saturated rings. The van der Waals surface area contributed by atoms with Crippen molar-refractivity contribution in [3.8, 4) is 6.07 Å². The number of nitriles is 1. The standard InChI is InChI=1S/C27H39N3O2/c1-17(30-16-18(14-28)15-29-30)24(31)23-8-7-21-20-6-5-19-13-25(2,32)11-12-26(19,3)22(20)9-10-27(21,23)4/h15-17,19-23,32H,5-13H2,1-4H3/t17-,19+,20+,21+,22+,23-,25-,26?,27?/m1/s1. The number of hydrogen-bond acceptors (Lipinski definition) is 4. The first-order valence-electron chi connectivity index (χ1n) is 12.8. The summed E-state index contributed by atoms with van der Waals surface area (Å²) in [5.41, 5.74) is 0.460. The number of Topliss-reactive ketones (excluding diaryl/α,β-unsaturated/α-hetero) is 1. The molecule has 0 amide bonds. The molecule has 0 spiro atoms. The van der Waals surface area contributed by atoms with E-state index in [1.54, 1.807) is 17.1 Å². The number of rotatable bonds is 3. The Bertz CT molecular complexity index is 945. The third kappa shape index (κ3) is 3.20. The molecule has 0 radical (unpaired) electrons. The highest BCUT2D eigenvalue weighted by Crippen LogP contribution is 2.68. The van der Waals surface area contributed by atoms with Crippen molar-refractivity contribution in [2.75, 3.05) is 0 Å². The number of ketones is 1. The van der Waals surface area contributed by atoms with Crippen LogP contribution in [0.5, 0.6) is 0 Å². The number of aromatic nitrogens is 2. The fourth-order valence-corrected chi connectivity index (χ4v) is 8.93. The predicted molar refractivity (Wildman–Crippen MR) is 123 cm³/mol. The molecule has 1 N–H and O–H groups in total. The molecule has 1 heterocycles. The highest BCUT2D eigenvalue weighted by molar-refractivity contribution is 5.85. The first-order valence-corrected chi connectivity index (χ1v) is 12.8. The summed E-state index contributed by atoms with van der Waals surface area (Å²) in [7, 11) is 0. The molecule has 1 aromatic rings. The first-order chi connectivity index (χ1) is 15.1. The molecular formula is C27H39N3O2. The van der Waals surface area contributed by atoms with Gasteiger partial charge in [-0.3, -0.25) is 9.48 Å². The maximum Gasteiger partial charge on any atom is 0.160 e. The summed E-state index contributed by atoms with van der Waals surface area (Å²) in [5.74, 6) is 3.14. The Kier molecular flexibility index (Phi) is 5.13. The minimum atomic E-state index is -0.487. The minimum Gasteiger partial charge on any atom is -0.390 e. The molecule has 32 heavy (non-hydrogen) atoms. The van der Waals surface area contributed by atoms with E-state index in [0.717, 1.165) is 43.9 Å². The van der Waals surface area contributed by atoms with E-state index in [9.17, 15) is 9.90 Å². The monoisotopic (exact) mass is 437 g/mol. The third-order valence-corrected chi connectivity index (χ3v) is 10.8. The SMILES string of the molecule is C[C@H](C(=O)[C@H]1CC[C@H]2[C@@H]3CC[C@H]4C[C@](C)(O)CCC4(C)[C@H]3CCC12C)n1cc(C#N)cn1. The molecule has 0 bridgehead atoms. The zero-order valence-electron chi connectivity index (χ0n) is 20.2. The van der Waals surface area contributed by atoms with Gasteiger partial charge in [-0.25, -0.2) is 0 Å². The zero-order chi connectivity index (χ0) is 22.9. The molecule has 5 heteroatoms. The second-order valence-corrected chi connectivity index (χ2v) is 12.4. The fourth-order valence-electron chi connectivity index (χ4n) is 8.93. The van der Waals surface area contributed by atoms with Gasteiger partial charge in [0.1, 0.15) is 12.1 Å². The van der Waals surface area contributed by atoms with Crippen LogP contribution in [-0.2, 0) is 4.79 Å². The molecule has 4 saturated carbocycles. The predicted octanol–water partition coefficient (Wildman–Crippen LogP) is 5.29. The van der Waals surface area contributed by atoms with Crippen LogP contribution in [0.3, 0.4) is 0 Å². The summed E-state index contributed by atoms with van der Waals surface area (Å²) in [5, 5.41) is 24.1. The summed E-state index contributed by atoms with van der Waals surface area (Å²) in [6, 6.07) is 1.80. The number of carbonyl (C=O) groups is 1. The van der Waals surface area contributed by atoms with Gasteiger partial charge in [-0.15, -0.1) is 0 Å². The van der Waals surface area contributed by atoms with E-state index >= 15 is 0 Å². The van der Waals surface area contributed by atoms with Crippen molar-refractivity contribution in [2.45, 2.75) is 97.1 Å². The van der Waals surface area contributed by atoms with Crippen molar-refractivity contribution in [2.24, 2.45) is 40.4 Å². The smallest absolute Gasteiger partial charge is 0.160 e. The van der Waals surface area contributed by atoms with E-state index in [0.29, 0.717) is 28.6 Å². The quantitative estimate of drug-likeness (QED) is 0.696. The van der Waals surface area contributed by atoms with E-state index in [1.807, 2.05) is 13.8 Å². The van der Waals surface area contributed by atoms with Crippen LogP contribution in [0.25, 0.3) is 0 Å². The Morgan fingerprint density at radius 2 is 1.88 bits per heavy atom.